The lowest BCUT2D eigenvalue weighted by atomic mass is 10.2. The second kappa shape index (κ2) is 7.59. The Kier molecular flexibility index (Phi) is 5.26. The molecule has 0 amide bonds. The number of halogens is 2. The lowest BCUT2D eigenvalue weighted by Gasteiger charge is -2.03. The molecule has 0 fully saturated rings. The number of ether oxygens (including phenoxy) is 1. The Labute approximate surface area is 154 Å². The van der Waals surface area contributed by atoms with Crippen molar-refractivity contribution in [2.24, 2.45) is 7.05 Å². The molecule has 0 saturated heterocycles. The van der Waals surface area contributed by atoms with Gasteiger partial charge in [-0.15, -0.1) is 0 Å². The second-order valence-electron chi connectivity index (χ2n) is 5.25. The van der Waals surface area contributed by atoms with Gasteiger partial charge in [0.25, 0.3) is 0 Å². The number of carbonyl (C=O) groups is 1. The van der Waals surface area contributed by atoms with Crippen LogP contribution in [-0.2, 0) is 13.7 Å². The fourth-order valence-corrected chi connectivity index (χ4v) is 2.59. The first-order valence-corrected chi connectivity index (χ1v) is 8.15. The van der Waals surface area contributed by atoms with Crippen LogP contribution in [0.2, 0.25) is 10.0 Å². The maximum Gasteiger partial charge on any atom is 0.207 e. The predicted octanol–water partition coefficient (Wildman–Crippen LogP) is 4.80. The summed E-state index contributed by atoms with van der Waals surface area (Å²) in [6, 6.07) is 10.6. The lowest BCUT2D eigenvalue weighted by Crippen LogP contribution is -1.98. The fourth-order valence-electron chi connectivity index (χ4n) is 2.14. The molecule has 0 bridgehead atoms. The molecule has 0 radical (unpaired) electrons. The summed E-state index contributed by atoms with van der Waals surface area (Å²) in [6.45, 7) is 0.258. The van der Waals surface area contributed by atoms with Gasteiger partial charge in [0.05, 0.1) is 5.02 Å². The van der Waals surface area contributed by atoms with Gasteiger partial charge in [-0.1, -0.05) is 29.3 Å². The van der Waals surface area contributed by atoms with E-state index < -0.39 is 0 Å². The summed E-state index contributed by atoms with van der Waals surface area (Å²) in [6.07, 6.45) is 4.51. The van der Waals surface area contributed by atoms with E-state index in [-0.39, 0.29) is 18.1 Å². The molecule has 3 aromatic rings. The van der Waals surface area contributed by atoms with Gasteiger partial charge in [-0.3, -0.25) is 9.48 Å². The molecule has 25 heavy (non-hydrogen) atoms. The quantitative estimate of drug-likeness (QED) is 0.458. The van der Waals surface area contributed by atoms with Crippen LogP contribution in [0, 0.1) is 0 Å². The highest BCUT2D eigenvalue weighted by atomic mass is 35.5. The monoisotopic (exact) mass is 376 g/mol. The summed E-state index contributed by atoms with van der Waals surface area (Å²) in [7, 11) is 1.70. The third kappa shape index (κ3) is 4.53. The van der Waals surface area contributed by atoms with Crippen molar-refractivity contribution in [2.45, 2.75) is 6.61 Å². The summed E-state index contributed by atoms with van der Waals surface area (Å²) in [4.78, 5) is 12.1. The Bertz CT molecular complexity index is 928. The average Bonchev–Trinajstić information content (AvgIpc) is 3.17. The van der Waals surface area contributed by atoms with Crippen molar-refractivity contribution in [3.8, 4) is 5.75 Å². The number of allylic oxidation sites excluding steroid dienone is 1. The van der Waals surface area contributed by atoms with Gasteiger partial charge in [0, 0.05) is 18.3 Å². The van der Waals surface area contributed by atoms with Crippen LogP contribution in [0.5, 0.6) is 5.75 Å². The molecule has 0 saturated carbocycles. The third-order valence-electron chi connectivity index (χ3n) is 3.28. The number of furan rings is 1. The molecule has 1 aromatic carbocycles. The number of ketones is 1. The molecule has 128 valence electrons. The zero-order chi connectivity index (χ0) is 17.8. The first kappa shape index (κ1) is 17.3. The zero-order valence-corrected chi connectivity index (χ0v) is 14.8. The van der Waals surface area contributed by atoms with E-state index in [0.29, 0.717) is 27.3 Å². The SMILES string of the molecule is Cn1cc(Cl)c(C(=O)/C=C/c2ccc(COc3cccc(Cl)c3)o2)n1. The largest absolute Gasteiger partial charge is 0.486 e. The van der Waals surface area contributed by atoms with Crippen LogP contribution >= 0.6 is 23.2 Å². The number of carbonyl (C=O) groups excluding carboxylic acids is 1. The Morgan fingerprint density at radius 1 is 1.32 bits per heavy atom. The standard InChI is InChI=1S/C18H14Cl2N2O3/c1-22-10-16(20)18(21-22)17(23)8-7-13-5-6-15(25-13)11-24-14-4-2-3-12(19)9-14/h2-10H,11H2,1H3/b8-7+. The van der Waals surface area contributed by atoms with Crippen molar-refractivity contribution in [1.82, 2.24) is 9.78 Å². The normalized spacial score (nSPS) is 11.2. The van der Waals surface area contributed by atoms with Gasteiger partial charge in [0.2, 0.25) is 5.78 Å². The van der Waals surface area contributed by atoms with Gasteiger partial charge in [0.1, 0.15) is 23.9 Å². The average molecular weight is 377 g/mol. The molecule has 0 aliphatic carbocycles. The third-order valence-corrected chi connectivity index (χ3v) is 3.79. The molecular weight excluding hydrogens is 363 g/mol. The van der Waals surface area contributed by atoms with E-state index in [9.17, 15) is 4.79 Å². The minimum absolute atomic E-state index is 0.205. The number of nitrogens with zero attached hydrogens (tertiary/aromatic N) is 2. The van der Waals surface area contributed by atoms with Crippen LogP contribution in [0.25, 0.3) is 6.08 Å². The van der Waals surface area contributed by atoms with E-state index in [2.05, 4.69) is 5.10 Å². The van der Waals surface area contributed by atoms with Gasteiger partial charge in [0.15, 0.2) is 5.69 Å². The Morgan fingerprint density at radius 2 is 2.16 bits per heavy atom. The fraction of sp³-hybridized carbons (Fsp3) is 0.111. The van der Waals surface area contributed by atoms with Crippen LogP contribution in [0.4, 0.5) is 0 Å². The van der Waals surface area contributed by atoms with Crippen LogP contribution in [-0.4, -0.2) is 15.6 Å². The van der Waals surface area contributed by atoms with Crippen LogP contribution in [0.15, 0.2) is 53.1 Å². The predicted molar refractivity (Wildman–Crippen MR) is 96.1 cm³/mol. The summed E-state index contributed by atoms with van der Waals surface area (Å²) in [5.41, 5.74) is 0.205. The molecule has 2 heterocycles. The topological polar surface area (TPSA) is 57.3 Å². The highest BCUT2D eigenvalue weighted by Gasteiger charge is 2.12. The van der Waals surface area contributed by atoms with Crippen LogP contribution in [0.1, 0.15) is 22.0 Å². The van der Waals surface area contributed by atoms with Crippen molar-refractivity contribution >= 4 is 35.1 Å². The van der Waals surface area contributed by atoms with E-state index in [0.717, 1.165) is 0 Å². The number of hydrogen-bond donors (Lipinski definition) is 0. The van der Waals surface area contributed by atoms with Crippen molar-refractivity contribution < 1.29 is 13.9 Å². The molecule has 0 unspecified atom stereocenters. The van der Waals surface area contributed by atoms with Gasteiger partial charge in [-0.25, -0.2) is 0 Å². The molecule has 2 aromatic heterocycles. The van der Waals surface area contributed by atoms with Crippen molar-refractivity contribution in [1.29, 1.82) is 0 Å². The lowest BCUT2D eigenvalue weighted by molar-refractivity contribution is 0.104. The van der Waals surface area contributed by atoms with Gasteiger partial charge in [-0.05, 0) is 42.5 Å². The summed E-state index contributed by atoms with van der Waals surface area (Å²) in [5.74, 6) is 1.52. The molecule has 0 aliphatic rings. The van der Waals surface area contributed by atoms with E-state index in [4.69, 9.17) is 32.4 Å². The molecular formula is C18H14Cl2N2O3. The number of aromatic nitrogens is 2. The molecule has 7 heteroatoms. The van der Waals surface area contributed by atoms with Crippen molar-refractivity contribution in [3.05, 3.63) is 75.9 Å². The van der Waals surface area contributed by atoms with Crippen LogP contribution < -0.4 is 4.74 Å². The maximum atomic E-state index is 12.1. The Morgan fingerprint density at radius 3 is 2.88 bits per heavy atom. The number of aryl methyl sites for hydroxylation is 1. The molecule has 0 atom stereocenters. The molecule has 0 aliphatic heterocycles. The summed E-state index contributed by atoms with van der Waals surface area (Å²) in [5, 5.41) is 4.94. The molecule has 5 nitrogen and oxygen atoms in total. The minimum atomic E-state index is -0.293. The minimum Gasteiger partial charge on any atom is -0.486 e. The van der Waals surface area contributed by atoms with E-state index in [1.807, 2.05) is 12.1 Å². The second-order valence-corrected chi connectivity index (χ2v) is 6.09. The Hall–Kier alpha value is -2.50. The highest BCUT2D eigenvalue weighted by Crippen LogP contribution is 2.20. The Balaban J connectivity index is 1.61. The summed E-state index contributed by atoms with van der Waals surface area (Å²) >= 11 is 11.9. The first-order chi connectivity index (χ1) is 12.0. The van der Waals surface area contributed by atoms with Crippen molar-refractivity contribution in [3.63, 3.8) is 0 Å². The zero-order valence-electron chi connectivity index (χ0n) is 13.3. The van der Waals surface area contributed by atoms with E-state index >= 15 is 0 Å². The smallest absolute Gasteiger partial charge is 0.207 e. The number of rotatable bonds is 6. The number of benzene rings is 1. The number of hydrogen-bond acceptors (Lipinski definition) is 4. The molecule has 0 spiro atoms. The molecule has 0 N–H and O–H groups in total. The summed E-state index contributed by atoms with van der Waals surface area (Å²) < 4.78 is 12.7. The van der Waals surface area contributed by atoms with Gasteiger partial charge >= 0.3 is 0 Å². The highest BCUT2D eigenvalue weighted by molar-refractivity contribution is 6.34. The van der Waals surface area contributed by atoms with Crippen LogP contribution in [0.3, 0.4) is 0 Å². The first-order valence-electron chi connectivity index (χ1n) is 7.40. The van der Waals surface area contributed by atoms with E-state index in [1.165, 1.54) is 10.8 Å². The maximum absolute atomic E-state index is 12.1. The van der Waals surface area contributed by atoms with Gasteiger partial charge in [-0.2, -0.15) is 5.10 Å². The van der Waals surface area contributed by atoms with E-state index in [1.54, 1.807) is 43.6 Å². The molecule has 3 rings (SSSR count). The van der Waals surface area contributed by atoms with Gasteiger partial charge < -0.3 is 9.15 Å². The van der Waals surface area contributed by atoms with Crippen molar-refractivity contribution in [2.75, 3.05) is 0 Å².